The van der Waals surface area contributed by atoms with Crippen LogP contribution in [0.2, 0.25) is 0 Å². The molecule has 3 rings (SSSR count). The van der Waals surface area contributed by atoms with Crippen LogP contribution >= 0.6 is 0 Å². The van der Waals surface area contributed by atoms with Gasteiger partial charge in [-0.05, 0) is 30.6 Å². The number of amides is 2. The van der Waals surface area contributed by atoms with Gasteiger partial charge in [-0.1, -0.05) is 19.3 Å². The van der Waals surface area contributed by atoms with Crippen LogP contribution in [0.5, 0.6) is 0 Å². The SMILES string of the molecule is COCCN(Cc1cnn(C)c1)C(=O)NCC1CC12CCCCC2. The van der Waals surface area contributed by atoms with E-state index in [2.05, 4.69) is 10.4 Å². The Bertz CT molecular complexity index is 551. The Morgan fingerprint density at radius 1 is 1.46 bits per heavy atom. The fraction of sp³-hybridized carbons (Fsp3) is 0.778. The predicted molar refractivity (Wildman–Crippen MR) is 92.5 cm³/mol. The summed E-state index contributed by atoms with van der Waals surface area (Å²) in [5.41, 5.74) is 1.60. The number of nitrogens with one attached hydrogen (secondary N) is 1. The maximum atomic E-state index is 12.6. The van der Waals surface area contributed by atoms with Gasteiger partial charge in [0.15, 0.2) is 0 Å². The van der Waals surface area contributed by atoms with Crippen molar-refractivity contribution in [3.63, 3.8) is 0 Å². The predicted octanol–water partition coefficient (Wildman–Crippen LogP) is 2.55. The van der Waals surface area contributed by atoms with E-state index in [1.165, 1.54) is 38.5 Å². The Balaban J connectivity index is 1.49. The number of rotatable bonds is 7. The summed E-state index contributed by atoms with van der Waals surface area (Å²) in [4.78, 5) is 14.4. The monoisotopic (exact) mass is 334 g/mol. The summed E-state index contributed by atoms with van der Waals surface area (Å²) in [5, 5.41) is 7.33. The van der Waals surface area contributed by atoms with Gasteiger partial charge >= 0.3 is 6.03 Å². The number of nitrogens with zero attached hydrogens (tertiary/aromatic N) is 3. The number of carbonyl (C=O) groups excluding carboxylic acids is 1. The summed E-state index contributed by atoms with van der Waals surface area (Å²) >= 11 is 0. The molecule has 2 fully saturated rings. The molecule has 0 aromatic carbocycles. The van der Waals surface area contributed by atoms with E-state index in [1.807, 2.05) is 24.3 Å². The Morgan fingerprint density at radius 3 is 2.92 bits per heavy atom. The van der Waals surface area contributed by atoms with Crippen LogP contribution in [0, 0.1) is 11.3 Å². The van der Waals surface area contributed by atoms with Crippen molar-refractivity contribution in [2.45, 2.75) is 45.1 Å². The molecule has 134 valence electrons. The van der Waals surface area contributed by atoms with Crippen molar-refractivity contribution in [2.24, 2.45) is 18.4 Å². The van der Waals surface area contributed by atoms with Crippen LogP contribution < -0.4 is 5.32 Å². The van der Waals surface area contributed by atoms with Crippen molar-refractivity contribution in [3.8, 4) is 0 Å². The highest BCUT2D eigenvalue weighted by Gasteiger charge is 2.53. The van der Waals surface area contributed by atoms with Crippen molar-refractivity contribution in [1.82, 2.24) is 20.0 Å². The minimum atomic E-state index is 0.00811. The van der Waals surface area contributed by atoms with Crippen LogP contribution in [0.25, 0.3) is 0 Å². The van der Waals surface area contributed by atoms with Crippen molar-refractivity contribution in [3.05, 3.63) is 18.0 Å². The second kappa shape index (κ2) is 7.55. The summed E-state index contributed by atoms with van der Waals surface area (Å²) in [7, 11) is 3.55. The van der Waals surface area contributed by atoms with Crippen molar-refractivity contribution in [1.29, 1.82) is 0 Å². The zero-order valence-corrected chi connectivity index (χ0v) is 15.0. The number of aromatic nitrogens is 2. The van der Waals surface area contributed by atoms with Crippen LogP contribution in [-0.2, 0) is 18.3 Å². The first-order chi connectivity index (χ1) is 11.6. The van der Waals surface area contributed by atoms with E-state index in [1.54, 1.807) is 11.8 Å². The lowest BCUT2D eigenvalue weighted by Crippen LogP contribution is -2.42. The quantitative estimate of drug-likeness (QED) is 0.834. The van der Waals surface area contributed by atoms with E-state index < -0.39 is 0 Å². The van der Waals surface area contributed by atoms with Gasteiger partial charge in [0.1, 0.15) is 0 Å². The summed E-state index contributed by atoms with van der Waals surface area (Å²) in [5.74, 6) is 0.685. The highest BCUT2D eigenvalue weighted by atomic mass is 16.5. The van der Waals surface area contributed by atoms with Crippen LogP contribution in [0.15, 0.2) is 12.4 Å². The third-order valence-corrected chi connectivity index (χ3v) is 5.69. The van der Waals surface area contributed by atoms with Gasteiger partial charge in [0.05, 0.1) is 19.3 Å². The van der Waals surface area contributed by atoms with Gasteiger partial charge in [-0.15, -0.1) is 0 Å². The topological polar surface area (TPSA) is 59.4 Å². The maximum Gasteiger partial charge on any atom is 0.317 e. The number of hydrogen-bond acceptors (Lipinski definition) is 3. The average Bonchev–Trinajstić information content (AvgIpc) is 3.07. The molecule has 1 unspecified atom stereocenters. The Labute approximate surface area is 144 Å². The van der Waals surface area contributed by atoms with Crippen LogP contribution in [0.4, 0.5) is 4.79 Å². The van der Waals surface area contributed by atoms with Gasteiger partial charge in [0.25, 0.3) is 0 Å². The summed E-state index contributed by atoms with van der Waals surface area (Å²) in [6, 6.07) is 0.00811. The first-order valence-electron chi connectivity index (χ1n) is 9.12. The maximum absolute atomic E-state index is 12.6. The molecule has 1 aromatic rings. The average molecular weight is 334 g/mol. The second-order valence-corrected chi connectivity index (χ2v) is 7.45. The summed E-state index contributed by atoms with van der Waals surface area (Å²) in [6.07, 6.45) is 11.9. The molecule has 0 radical (unpaired) electrons. The Kier molecular flexibility index (Phi) is 5.43. The van der Waals surface area contributed by atoms with E-state index in [-0.39, 0.29) is 6.03 Å². The Morgan fingerprint density at radius 2 is 2.25 bits per heavy atom. The number of carbonyl (C=O) groups is 1. The largest absolute Gasteiger partial charge is 0.383 e. The summed E-state index contributed by atoms with van der Waals surface area (Å²) < 4.78 is 6.91. The first-order valence-corrected chi connectivity index (χ1v) is 9.12. The number of aryl methyl sites for hydroxylation is 1. The smallest absolute Gasteiger partial charge is 0.317 e. The molecular weight excluding hydrogens is 304 g/mol. The molecule has 1 aromatic heterocycles. The van der Waals surface area contributed by atoms with E-state index in [4.69, 9.17) is 4.74 Å². The molecule has 0 bridgehead atoms. The van der Waals surface area contributed by atoms with Gasteiger partial charge in [0.2, 0.25) is 0 Å². The molecular formula is C18H30N4O2. The fourth-order valence-electron chi connectivity index (χ4n) is 4.14. The molecule has 6 heteroatoms. The van der Waals surface area contributed by atoms with Crippen LogP contribution in [0.3, 0.4) is 0 Å². The molecule has 2 saturated carbocycles. The lowest BCUT2D eigenvalue weighted by Gasteiger charge is -2.24. The minimum Gasteiger partial charge on any atom is -0.383 e. The molecule has 2 amide bonds. The van der Waals surface area contributed by atoms with E-state index in [9.17, 15) is 4.79 Å². The van der Waals surface area contributed by atoms with E-state index in [0.717, 1.165) is 12.1 Å². The van der Waals surface area contributed by atoms with E-state index in [0.29, 0.717) is 31.0 Å². The van der Waals surface area contributed by atoms with Crippen LogP contribution in [0.1, 0.15) is 44.1 Å². The minimum absolute atomic E-state index is 0.00811. The van der Waals surface area contributed by atoms with E-state index >= 15 is 0 Å². The number of ether oxygens (including phenoxy) is 1. The molecule has 1 heterocycles. The lowest BCUT2D eigenvalue weighted by molar-refractivity contribution is 0.146. The third-order valence-electron chi connectivity index (χ3n) is 5.69. The zero-order valence-electron chi connectivity index (χ0n) is 15.0. The van der Waals surface area contributed by atoms with Gasteiger partial charge in [-0.2, -0.15) is 5.10 Å². The molecule has 24 heavy (non-hydrogen) atoms. The molecule has 1 N–H and O–H groups in total. The van der Waals surface area contributed by atoms with Gasteiger partial charge in [-0.25, -0.2) is 4.79 Å². The van der Waals surface area contributed by atoms with Crippen molar-refractivity contribution < 1.29 is 9.53 Å². The van der Waals surface area contributed by atoms with Crippen LogP contribution in [-0.4, -0.2) is 47.5 Å². The second-order valence-electron chi connectivity index (χ2n) is 7.45. The number of hydrogen-bond donors (Lipinski definition) is 1. The summed E-state index contributed by atoms with van der Waals surface area (Å²) in [6.45, 7) is 2.52. The Hall–Kier alpha value is -1.56. The fourth-order valence-corrected chi connectivity index (χ4v) is 4.14. The standard InChI is InChI=1S/C18H30N4O2/c1-21-13-15(11-20-21)14-22(8-9-24-2)17(23)19-12-16-10-18(16)6-4-3-5-7-18/h11,13,16H,3-10,12,14H2,1-2H3,(H,19,23). The molecule has 0 saturated heterocycles. The molecule has 1 atom stereocenters. The van der Waals surface area contributed by atoms with Gasteiger partial charge in [0, 0.05) is 39.0 Å². The van der Waals surface area contributed by atoms with Crippen molar-refractivity contribution in [2.75, 3.05) is 26.8 Å². The third kappa shape index (κ3) is 4.09. The zero-order chi connectivity index (χ0) is 17.0. The highest BCUT2D eigenvalue weighted by Crippen LogP contribution is 2.60. The van der Waals surface area contributed by atoms with Crippen molar-refractivity contribution >= 4 is 6.03 Å². The molecule has 2 aliphatic carbocycles. The van der Waals surface area contributed by atoms with Gasteiger partial charge in [-0.3, -0.25) is 4.68 Å². The normalized spacial score (nSPS) is 21.7. The first kappa shape index (κ1) is 17.3. The van der Waals surface area contributed by atoms with Gasteiger partial charge < -0.3 is 15.0 Å². The molecule has 0 aliphatic heterocycles. The molecule has 6 nitrogen and oxygen atoms in total. The molecule has 1 spiro atoms. The number of urea groups is 1. The number of methoxy groups -OCH3 is 1. The lowest BCUT2D eigenvalue weighted by atomic mass is 9.84. The molecule has 2 aliphatic rings. The highest BCUT2D eigenvalue weighted by molar-refractivity contribution is 5.74.